The van der Waals surface area contributed by atoms with Gasteiger partial charge in [0.15, 0.2) is 0 Å². The maximum absolute atomic E-state index is 12.8. The van der Waals surface area contributed by atoms with E-state index in [9.17, 15) is 4.39 Å². The minimum atomic E-state index is -0.161. The van der Waals surface area contributed by atoms with Crippen LogP contribution in [0.5, 0.6) is 0 Å². The van der Waals surface area contributed by atoms with Gasteiger partial charge >= 0.3 is 0 Å². The van der Waals surface area contributed by atoms with Gasteiger partial charge in [-0.15, -0.1) is 0 Å². The van der Waals surface area contributed by atoms with Gasteiger partial charge in [0.2, 0.25) is 0 Å². The fourth-order valence-corrected chi connectivity index (χ4v) is 2.93. The van der Waals surface area contributed by atoms with Crippen LogP contribution in [0.4, 0.5) is 4.39 Å². The molecule has 0 heterocycles. The zero-order chi connectivity index (χ0) is 12.0. The molecular weight excluding hydrogens is 267 g/mol. The Hall–Kier alpha value is -0.370. The summed E-state index contributed by atoms with van der Waals surface area (Å²) >= 11 is 3.76. The first-order chi connectivity index (χ1) is 7.69. The van der Waals surface area contributed by atoms with Crippen molar-refractivity contribution in [2.24, 2.45) is 5.92 Å². The van der Waals surface area contributed by atoms with Crippen LogP contribution in [-0.4, -0.2) is 0 Å². The molecule has 0 aliphatic rings. The normalized spacial score (nSPS) is 13.1. The quantitative estimate of drug-likeness (QED) is 0.608. The lowest BCUT2D eigenvalue weighted by molar-refractivity contribution is 0.435. The summed E-state index contributed by atoms with van der Waals surface area (Å²) in [7, 11) is 0. The zero-order valence-electron chi connectivity index (χ0n) is 10.0. The summed E-state index contributed by atoms with van der Waals surface area (Å²) in [6, 6.07) is 6.84. The van der Waals surface area contributed by atoms with Gasteiger partial charge in [-0.1, -0.05) is 54.8 Å². The first-order valence-corrected chi connectivity index (χ1v) is 7.00. The monoisotopic (exact) mass is 286 g/mol. The topological polar surface area (TPSA) is 0 Å². The van der Waals surface area contributed by atoms with E-state index in [2.05, 4.69) is 29.8 Å². The standard InChI is InChI=1S/C14H20BrF/c1-3-5-11(6-4-2)14(15)12-7-9-13(16)10-8-12/h7-11,14H,3-6H2,1-2H3. The fourth-order valence-electron chi connectivity index (χ4n) is 2.10. The van der Waals surface area contributed by atoms with E-state index >= 15 is 0 Å². The summed E-state index contributed by atoms with van der Waals surface area (Å²) in [6.45, 7) is 4.43. The van der Waals surface area contributed by atoms with Crippen molar-refractivity contribution in [1.82, 2.24) is 0 Å². The average Bonchev–Trinajstić information content (AvgIpc) is 2.29. The lowest BCUT2D eigenvalue weighted by atomic mass is 9.91. The van der Waals surface area contributed by atoms with E-state index in [0.29, 0.717) is 10.7 Å². The predicted octanol–water partition coefficient (Wildman–Crippen LogP) is 5.48. The highest BCUT2D eigenvalue weighted by Gasteiger charge is 2.18. The first-order valence-electron chi connectivity index (χ1n) is 6.08. The number of rotatable bonds is 6. The second-order valence-corrected chi connectivity index (χ2v) is 5.28. The van der Waals surface area contributed by atoms with Crippen molar-refractivity contribution in [3.8, 4) is 0 Å². The molecule has 1 atom stereocenters. The Morgan fingerprint density at radius 1 is 1.06 bits per heavy atom. The molecule has 0 radical (unpaired) electrons. The average molecular weight is 287 g/mol. The first kappa shape index (κ1) is 13.7. The van der Waals surface area contributed by atoms with Gasteiger partial charge in [0, 0.05) is 4.83 Å². The third-order valence-corrected chi connectivity index (χ3v) is 4.20. The van der Waals surface area contributed by atoms with Crippen molar-refractivity contribution in [1.29, 1.82) is 0 Å². The molecule has 0 saturated carbocycles. The van der Waals surface area contributed by atoms with Gasteiger partial charge in [0.1, 0.15) is 5.82 Å². The van der Waals surface area contributed by atoms with E-state index in [1.165, 1.54) is 31.2 Å². The molecule has 0 spiro atoms. The molecule has 0 bridgehead atoms. The summed E-state index contributed by atoms with van der Waals surface area (Å²) in [5.74, 6) is 0.492. The van der Waals surface area contributed by atoms with Gasteiger partial charge in [0.25, 0.3) is 0 Å². The molecule has 2 heteroatoms. The molecule has 0 saturated heterocycles. The van der Waals surface area contributed by atoms with Crippen LogP contribution < -0.4 is 0 Å². The van der Waals surface area contributed by atoms with E-state index in [4.69, 9.17) is 0 Å². The molecule has 90 valence electrons. The number of hydrogen-bond donors (Lipinski definition) is 0. The summed E-state index contributed by atoms with van der Waals surface area (Å²) in [6.07, 6.45) is 4.85. The number of hydrogen-bond acceptors (Lipinski definition) is 0. The summed E-state index contributed by atoms with van der Waals surface area (Å²) in [5, 5.41) is 0. The second kappa shape index (κ2) is 7.05. The Morgan fingerprint density at radius 2 is 1.56 bits per heavy atom. The van der Waals surface area contributed by atoms with Crippen LogP contribution in [0.25, 0.3) is 0 Å². The van der Waals surface area contributed by atoms with E-state index in [1.807, 2.05) is 12.1 Å². The van der Waals surface area contributed by atoms with Crippen molar-refractivity contribution < 1.29 is 4.39 Å². The highest BCUT2D eigenvalue weighted by molar-refractivity contribution is 9.09. The Balaban J connectivity index is 2.72. The van der Waals surface area contributed by atoms with Gasteiger partial charge in [-0.2, -0.15) is 0 Å². The molecule has 16 heavy (non-hydrogen) atoms. The number of benzene rings is 1. The predicted molar refractivity (Wildman–Crippen MR) is 71.4 cm³/mol. The lowest BCUT2D eigenvalue weighted by Crippen LogP contribution is -2.07. The highest BCUT2D eigenvalue weighted by atomic mass is 79.9. The SMILES string of the molecule is CCCC(CCC)C(Br)c1ccc(F)cc1. The van der Waals surface area contributed by atoms with E-state index < -0.39 is 0 Å². The van der Waals surface area contributed by atoms with Gasteiger partial charge < -0.3 is 0 Å². The largest absolute Gasteiger partial charge is 0.207 e. The number of alkyl halides is 1. The van der Waals surface area contributed by atoms with Crippen molar-refractivity contribution >= 4 is 15.9 Å². The lowest BCUT2D eigenvalue weighted by Gasteiger charge is -2.22. The van der Waals surface area contributed by atoms with Crippen molar-refractivity contribution in [2.45, 2.75) is 44.4 Å². The molecule has 0 N–H and O–H groups in total. The Bertz CT molecular complexity index is 288. The third kappa shape index (κ3) is 3.89. The fraction of sp³-hybridized carbons (Fsp3) is 0.571. The molecule has 1 aromatic carbocycles. The molecule has 0 nitrogen and oxygen atoms in total. The molecule has 0 amide bonds. The van der Waals surface area contributed by atoms with Gasteiger partial charge in [0.05, 0.1) is 0 Å². The van der Waals surface area contributed by atoms with Crippen LogP contribution in [0.15, 0.2) is 24.3 Å². The van der Waals surface area contributed by atoms with Crippen LogP contribution in [-0.2, 0) is 0 Å². The maximum atomic E-state index is 12.8. The smallest absolute Gasteiger partial charge is 0.123 e. The molecule has 0 aliphatic carbocycles. The molecule has 1 unspecified atom stereocenters. The second-order valence-electron chi connectivity index (χ2n) is 4.29. The van der Waals surface area contributed by atoms with E-state index in [1.54, 1.807) is 12.1 Å². The zero-order valence-corrected chi connectivity index (χ0v) is 11.6. The summed E-state index contributed by atoms with van der Waals surface area (Å²) in [4.78, 5) is 0.355. The van der Waals surface area contributed by atoms with Crippen LogP contribution in [0.2, 0.25) is 0 Å². The van der Waals surface area contributed by atoms with Gasteiger partial charge in [-0.3, -0.25) is 0 Å². The van der Waals surface area contributed by atoms with E-state index in [-0.39, 0.29) is 5.82 Å². The maximum Gasteiger partial charge on any atom is 0.123 e. The molecule has 0 aromatic heterocycles. The molecule has 1 rings (SSSR count). The molecule has 0 aliphatic heterocycles. The molecule has 1 aromatic rings. The highest BCUT2D eigenvalue weighted by Crippen LogP contribution is 2.36. The van der Waals surface area contributed by atoms with Gasteiger partial charge in [-0.05, 0) is 36.5 Å². The Morgan fingerprint density at radius 3 is 2.00 bits per heavy atom. The summed E-state index contributed by atoms with van der Waals surface area (Å²) in [5.41, 5.74) is 1.19. The molecular formula is C14H20BrF. The number of halogens is 2. The van der Waals surface area contributed by atoms with Crippen LogP contribution >= 0.6 is 15.9 Å². The van der Waals surface area contributed by atoms with E-state index in [0.717, 1.165) is 0 Å². The third-order valence-electron chi connectivity index (χ3n) is 2.92. The Labute approximate surface area is 106 Å². The van der Waals surface area contributed by atoms with Crippen molar-refractivity contribution in [3.63, 3.8) is 0 Å². The minimum Gasteiger partial charge on any atom is -0.207 e. The van der Waals surface area contributed by atoms with Crippen LogP contribution in [0.3, 0.4) is 0 Å². The van der Waals surface area contributed by atoms with Crippen LogP contribution in [0.1, 0.15) is 49.9 Å². The van der Waals surface area contributed by atoms with Crippen molar-refractivity contribution in [3.05, 3.63) is 35.6 Å². The summed E-state index contributed by atoms with van der Waals surface area (Å²) < 4.78 is 12.8. The Kier molecular flexibility index (Phi) is 6.04. The van der Waals surface area contributed by atoms with Gasteiger partial charge in [-0.25, -0.2) is 4.39 Å². The van der Waals surface area contributed by atoms with Crippen LogP contribution in [0, 0.1) is 11.7 Å². The van der Waals surface area contributed by atoms with Crippen molar-refractivity contribution in [2.75, 3.05) is 0 Å². The molecule has 0 fully saturated rings. The minimum absolute atomic E-state index is 0.161.